The first-order valence-corrected chi connectivity index (χ1v) is 6.80. The molecule has 2 atom stereocenters. The molecule has 3 rings (SSSR count). The second-order valence-corrected chi connectivity index (χ2v) is 5.33. The van der Waals surface area contributed by atoms with Crippen LogP contribution in [0.25, 0.3) is 11.1 Å². The van der Waals surface area contributed by atoms with Crippen LogP contribution in [0.1, 0.15) is 25.7 Å². The monoisotopic (exact) mass is 311 g/mol. The summed E-state index contributed by atoms with van der Waals surface area (Å²) in [5.74, 6) is -0.273. The minimum Gasteiger partial charge on any atom is -0.408 e. The largest absolute Gasteiger partial charge is 0.417 e. The van der Waals surface area contributed by atoms with Crippen LogP contribution in [0.2, 0.25) is 0 Å². The van der Waals surface area contributed by atoms with Crippen LogP contribution in [0, 0.1) is 5.92 Å². The maximum absolute atomic E-state index is 12.0. The van der Waals surface area contributed by atoms with Gasteiger partial charge in [-0.2, -0.15) is 0 Å². The van der Waals surface area contributed by atoms with Gasteiger partial charge in [0.05, 0.1) is 5.52 Å². The van der Waals surface area contributed by atoms with E-state index in [2.05, 4.69) is 10.3 Å². The fraction of sp³-hybridized carbons (Fsp3) is 0.429. The van der Waals surface area contributed by atoms with Gasteiger partial charge < -0.3 is 15.5 Å². The third-order valence-corrected chi connectivity index (χ3v) is 3.87. The van der Waals surface area contributed by atoms with Crippen molar-refractivity contribution in [3.8, 4) is 0 Å². The first-order valence-electron chi connectivity index (χ1n) is 6.80. The number of halogens is 1. The average molecular weight is 312 g/mol. The number of fused-ring (bicyclic) bond motifs is 1. The van der Waals surface area contributed by atoms with Gasteiger partial charge in [-0.05, 0) is 37.0 Å². The highest BCUT2D eigenvalue weighted by Gasteiger charge is 2.26. The van der Waals surface area contributed by atoms with Gasteiger partial charge in [-0.3, -0.25) is 9.78 Å². The molecule has 1 aromatic carbocycles. The van der Waals surface area contributed by atoms with Gasteiger partial charge in [0.15, 0.2) is 5.58 Å². The van der Waals surface area contributed by atoms with Crippen molar-refractivity contribution in [1.82, 2.24) is 4.98 Å². The highest BCUT2D eigenvalue weighted by Crippen LogP contribution is 2.27. The smallest absolute Gasteiger partial charge is 0.408 e. The maximum Gasteiger partial charge on any atom is 0.417 e. The zero-order valence-corrected chi connectivity index (χ0v) is 12.2. The lowest BCUT2D eigenvalue weighted by molar-refractivity contribution is -0.117. The van der Waals surface area contributed by atoms with E-state index in [-0.39, 0.29) is 30.3 Å². The molecule has 4 N–H and O–H groups in total. The molecule has 1 aliphatic carbocycles. The normalized spacial score (nSPS) is 21.2. The highest BCUT2D eigenvalue weighted by atomic mass is 35.5. The van der Waals surface area contributed by atoms with Crippen molar-refractivity contribution in [3.63, 3.8) is 0 Å². The van der Waals surface area contributed by atoms with E-state index in [0.717, 1.165) is 19.3 Å². The van der Waals surface area contributed by atoms with Crippen LogP contribution in [0.4, 0.5) is 5.69 Å². The molecule has 0 spiro atoms. The Morgan fingerprint density at radius 2 is 2.24 bits per heavy atom. The number of hydrogen-bond acceptors (Lipinski definition) is 4. The molecule has 114 valence electrons. The number of benzene rings is 1. The standard InChI is InChI=1S/C14H17N3O3.ClH/c15-10-3-1-2-8(10)6-13(18)16-9-4-5-12-11(7-9)17-14(19)20-12;/h4-5,7-8,10H,1-3,6,15H2,(H,16,18)(H,17,19);1H/t8-,10+;/m0./s1. The van der Waals surface area contributed by atoms with E-state index in [9.17, 15) is 9.59 Å². The second kappa shape index (κ2) is 6.32. The third kappa shape index (κ3) is 3.46. The summed E-state index contributed by atoms with van der Waals surface area (Å²) >= 11 is 0. The van der Waals surface area contributed by atoms with Crippen LogP contribution in [-0.4, -0.2) is 16.9 Å². The zero-order valence-electron chi connectivity index (χ0n) is 11.4. The van der Waals surface area contributed by atoms with E-state index in [1.807, 2.05) is 0 Å². The number of carbonyl (C=O) groups is 1. The molecule has 1 heterocycles. The fourth-order valence-corrected chi connectivity index (χ4v) is 2.80. The molecular formula is C14H18ClN3O3. The first kappa shape index (κ1) is 15.6. The van der Waals surface area contributed by atoms with Gasteiger partial charge in [-0.25, -0.2) is 4.79 Å². The number of nitrogens with one attached hydrogen (secondary N) is 2. The molecule has 1 amide bonds. The molecule has 0 radical (unpaired) electrons. The van der Waals surface area contributed by atoms with Crippen molar-refractivity contribution in [2.45, 2.75) is 31.7 Å². The Labute approximate surface area is 127 Å². The van der Waals surface area contributed by atoms with Crippen LogP contribution in [-0.2, 0) is 4.79 Å². The van der Waals surface area contributed by atoms with Gasteiger partial charge in [0.25, 0.3) is 0 Å². The number of H-pyrrole nitrogens is 1. The summed E-state index contributed by atoms with van der Waals surface area (Å²) in [6.07, 6.45) is 3.56. The maximum atomic E-state index is 12.0. The van der Waals surface area contributed by atoms with Crippen LogP contribution in [0.5, 0.6) is 0 Å². The lowest BCUT2D eigenvalue weighted by Gasteiger charge is -2.14. The number of hydrogen-bond donors (Lipinski definition) is 3. The summed E-state index contributed by atoms with van der Waals surface area (Å²) in [5, 5.41) is 2.83. The van der Waals surface area contributed by atoms with Crippen molar-refractivity contribution in [2.75, 3.05) is 5.32 Å². The van der Waals surface area contributed by atoms with Gasteiger partial charge >= 0.3 is 5.76 Å². The van der Waals surface area contributed by atoms with Gasteiger partial charge in [0, 0.05) is 18.2 Å². The lowest BCUT2D eigenvalue weighted by atomic mass is 10.00. The molecule has 1 fully saturated rings. The summed E-state index contributed by atoms with van der Waals surface area (Å²) in [6, 6.07) is 5.19. The van der Waals surface area contributed by atoms with Gasteiger partial charge in [0.1, 0.15) is 0 Å². The van der Waals surface area contributed by atoms with Crippen molar-refractivity contribution >= 4 is 35.1 Å². The summed E-state index contributed by atoms with van der Waals surface area (Å²) in [5.41, 5.74) is 7.66. The number of rotatable bonds is 3. The predicted octanol–water partition coefficient (Wildman–Crippen LogP) is 2.00. The molecule has 0 saturated heterocycles. The van der Waals surface area contributed by atoms with Crippen LogP contribution < -0.4 is 16.8 Å². The van der Waals surface area contributed by atoms with Crippen molar-refractivity contribution in [3.05, 3.63) is 28.7 Å². The van der Waals surface area contributed by atoms with E-state index >= 15 is 0 Å². The minimum absolute atomic E-state index is 0. The number of oxazole rings is 1. The summed E-state index contributed by atoms with van der Waals surface area (Å²) in [6.45, 7) is 0. The Kier molecular flexibility index (Phi) is 4.69. The Morgan fingerprint density at radius 3 is 2.95 bits per heavy atom. The Bertz CT molecular complexity index is 694. The summed E-state index contributed by atoms with van der Waals surface area (Å²) in [4.78, 5) is 25.6. The number of amides is 1. The SMILES string of the molecule is Cl.N[C@@H]1CCC[C@H]1CC(=O)Nc1ccc2oc(=O)[nH]c2c1. The quantitative estimate of drug-likeness (QED) is 0.807. The van der Waals surface area contributed by atoms with Gasteiger partial charge in [-0.1, -0.05) is 6.42 Å². The predicted molar refractivity (Wildman–Crippen MR) is 82.6 cm³/mol. The lowest BCUT2D eigenvalue weighted by Crippen LogP contribution is -2.28. The number of nitrogens with two attached hydrogens (primary N) is 1. The fourth-order valence-electron chi connectivity index (χ4n) is 2.80. The van der Waals surface area contributed by atoms with Gasteiger partial charge in [-0.15, -0.1) is 12.4 Å². The average Bonchev–Trinajstić information content (AvgIpc) is 2.94. The van der Waals surface area contributed by atoms with Gasteiger partial charge in [0.2, 0.25) is 5.91 Å². The third-order valence-electron chi connectivity index (χ3n) is 3.87. The molecule has 6 nitrogen and oxygen atoms in total. The number of aromatic nitrogens is 1. The van der Waals surface area contributed by atoms with Crippen molar-refractivity contribution in [1.29, 1.82) is 0 Å². The molecule has 7 heteroatoms. The molecule has 0 unspecified atom stereocenters. The summed E-state index contributed by atoms with van der Waals surface area (Å²) < 4.78 is 4.91. The Morgan fingerprint density at radius 1 is 1.43 bits per heavy atom. The van der Waals surface area contributed by atoms with Crippen LogP contribution in [0.3, 0.4) is 0 Å². The van der Waals surface area contributed by atoms with E-state index in [1.165, 1.54) is 0 Å². The Balaban J connectivity index is 0.00000161. The van der Waals surface area contributed by atoms with Crippen LogP contribution in [0.15, 0.2) is 27.4 Å². The van der Waals surface area contributed by atoms with E-state index in [4.69, 9.17) is 10.2 Å². The number of carbonyl (C=O) groups excluding carboxylic acids is 1. The number of anilines is 1. The summed E-state index contributed by atoms with van der Waals surface area (Å²) in [7, 11) is 0. The van der Waals surface area contributed by atoms with Crippen LogP contribution >= 0.6 is 12.4 Å². The molecule has 1 saturated carbocycles. The van der Waals surface area contributed by atoms with Crippen molar-refractivity contribution < 1.29 is 9.21 Å². The molecule has 0 bridgehead atoms. The van der Waals surface area contributed by atoms with E-state index in [0.29, 0.717) is 23.2 Å². The van der Waals surface area contributed by atoms with E-state index < -0.39 is 5.76 Å². The second-order valence-electron chi connectivity index (χ2n) is 5.33. The zero-order chi connectivity index (χ0) is 14.1. The molecular weight excluding hydrogens is 294 g/mol. The molecule has 2 aromatic rings. The minimum atomic E-state index is -0.500. The molecule has 0 aliphatic heterocycles. The Hall–Kier alpha value is -1.79. The van der Waals surface area contributed by atoms with E-state index in [1.54, 1.807) is 18.2 Å². The molecule has 1 aliphatic rings. The first-order chi connectivity index (χ1) is 9.61. The molecule has 1 aromatic heterocycles. The highest BCUT2D eigenvalue weighted by molar-refractivity contribution is 5.92. The number of aromatic amines is 1. The topological polar surface area (TPSA) is 101 Å². The van der Waals surface area contributed by atoms with Crippen molar-refractivity contribution in [2.24, 2.45) is 11.7 Å². The molecule has 21 heavy (non-hydrogen) atoms.